The molecule has 6 heteroatoms. The lowest BCUT2D eigenvalue weighted by atomic mass is 9.81. The SMILES string of the molecule is CC(C)C(NC(=O)c1ccn(C)c1C1CCC1)c1nc(C2CC2)no1. The highest BCUT2D eigenvalue weighted by Crippen LogP contribution is 2.39. The first-order valence-electron chi connectivity index (χ1n) is 9.34. The Kier molecular flexibility index (Phi) is 4.13. The minimum Gasteiger partial charge on any atom is -0.353 e. The van der Waals surface area contributed by atoms with Gasteiger partial charge in [-0.15, -0.1) is 0 Å². The van der Waals surface area contributed by atoms with Crippen molar-refractivity contribution in [3.63, 3.8) is 0 Å². The van der Waals surface area contributed by atoms with E-state index in [0.717, 1.165) is 29.9 Å². The molecule has 2 aliphatic carbocycles. The van der Waals surface area contributed by atoms with Crippen molar-refractivity contribution >= 4 is 5.91 Å². The van der Waals surface area contributed by atoms with Crippen molar-refractivity contribution in [2.75, 3.05) is 0 Å². The summed E-state index contributed by atoms with van der Waals surface area (Å²) < 4.78 is 7.54. The number of carbonyl (C=O) groups is 1. The average Bonchev–Trinajstić information content (AvgIpc) is 3.15. The van der Waals surface area contributed by atoms with Crippen LogP contribution in [0.4, 0.5) is 0 Å². The standard InChI is InChI=1S/C19H26N4O2/c1-11(2)15(19-21-17(22-25-19)13-7-8-13)20-18(24)14-9-10-23(3)16(14)12-5-4-6-12/h9-13,15H,4-8H2,1-3H3,(H,20,24). The van der Waals surface area contributed by atoms with Gasteiger partial charge in [0.15, 0.2) is 5.82 Å². The number of carbonyl (C=O) groups excluding carboxylic acids is 1. The molecule has 2 heterocycles. The Morgan fingerprint density at radius 2 is 2.04 bits per heavy atom. The van der Waals surface area contributed by atoms with Crippen molar-refractivity contribution < 1.29 is 9.32 Å². The van der Waals surface area contributed by atoms with Crippen LogP contribution in [0.25, 0.3) is 0 Å². The van der Waals surface area contributed by atoms with Crippen LogP contribution in [0.3, 0.4) is 0 Å². The average molecular weight is 342 g/mol. The number of aryl methyl sites for hydroxylation is 1. The van der Waals surface area contributed by atoms with Crippen molar-refractivity contribution in [2.24, 2.45) is 13.0 Å². The summed E-state index contributed by atoms with van der Waals surface area (Å²) in [5.41, 5.74) is 1.93. The van der Waals surface area contributed by atoms with Crippen molar-refractivity contribution in [1.82, 2.24) is 20.0 Å². The van der Waals surface area contributed by atoms with Crippen LogP contribution in [0.5, 0.6) is 0 Å². The Morgan fingerprint density at radius 3 is 2.64 bits per heavy atom. The molecule has 2 aliphatic rings. The molecule has 2 saturated carbocycles. The molecule has 2 aromatic rings. The fourth-order valence-electron chi connectivity index (χ4n) is 3.54. The normalized spacial score (nSPS) is 19.0. The van der Waals surface area contributed by atoms with Gasteiger partial charge in [0.25, 0.3) is 5.91 Å². The van der Waals surface area contributed by atoms with E-state index in [-0.39, 0.29) is 17.9 Å². The van der Waals surface area contributed by atoms with Crippen LogP contribution in [0.1, 0.15) is 91.6 Å². The van der Waals surface area contributed by atoms with E-state index in [1.54, 1.807) is 0 Å². The first kappa shape index (κ1) is 16.4. The Bertz CT molecular complexity index is 768. The summed E-state index contributed by atoms with van der Waals surface area (Å²) in [6.45, 7) is 4.12. The third-order valence-corrected chi connectivity index (χ3v) is 5.48. The Morgan fingerprint density at radius 1 is 1.28 bits per heavy atom. The predicted molar refractivity (Wildman–Crippen MR) is 93.3 cm³/mol. The van der Waals surface area contributed by atoms with Gasteiger partial charge in [-0.2, -0.15) is 4.98 Å². The molecule has 2 aromatic heterocycles. The molecule has 25 heavy (non-hydrogen) atoms. The van der Waals surface area contributed by atoms with Gasteiger partial charge in [0.05, 0.1) is 5.56 Å². The molecular weight excluding hydrogens is 316 g/mol. The van der Waals surface area contributed by atoms with Gasteiger partial charge in [0, 0.05) is 24.9 Å². The van der Waals surface area contributed by atoms with E-state index in [9.17, 15) is 4.79 Å². The smallest absolute Gasteiger partial charge is 0.253 e. The Labute approximate surface area is 148 Å². The molecule has 1 amide bonds. The second kappa shape index (κ2) is 6.32. The fourth-order valence-corrected chi connectivity index (χ4v) is 3.54. The van der Waals surface area contributed by atoms with Gasteiger partial charge in [-0.3, -0.25) is 4.79 Å². The van der Waals surface area contributed by atoms with Gasteiger partial charge >= 0.3 is 0 Å². The second-order valence-corrected chi connectivity index (χ2v) is 7.81. The van der Waals surface area contributed by atoms with Gasteiger partial charge in [-0.25, -0.2) is 0 Å². The first-order valence-corrected chi connectivity index (χ1v) is 9.34. The topological polar surface area (TPSA) is 73.0 Å². The summed E-state index contributed by atoms with van der Waals surface area (Å²) in [7, 11) is 2.02. The summed E-state index contributed by atoms with van der Waals surface area (Å²) in [4.78, 5) is 17.5. The fraction of sp³-hybridized carbons (Fsp3) is 0.632. The van der Waals surface area contributed by atoms with E-state index in [1.807, 2.05) is 19.3 Å². The number of rotatable bonds is 6. The molecule has 1 atom stereocenters. The van der Waals surface area contributed by atoms with Crippen LogP contribution in [0.2, 0.25) is 0 Å². The largest absolute Gasteiger partial charge is 0.353 e. The summed E-state index contributed by atoms with van der Waals surface area (Å²) in [6, 6.07) is 1.66. The van der Waals surface area contributed by atoms with Crippen molar-refractivity contribution in [1.29, 1.82) is 0 Å². The number of nitrogens with one attached hydrogen (secondary N) is 1. The monoisotopic (exact) mass is 342 g/mol. The Balaban J connectivity index is 1.54. The quantitative estimate of drug-likeness (QED) is 0.869. The number of amides is 1. The number of hydrogen-bond donors (Lipinski definition) is 1. The lowest BCUT2D eigenvalue weighted by Crippen LogP contribution is -2.33. The van der Waals surface area contributed by atoms with Crippen LogP contribution in [0.15, 0.2) is 16.8 Å². The molecule has 0 spiro atoms. The molecule has 6 nitrogen and oxygen atoms in total. The molecule has 1 N–H and O–H groups in total. The molecule has 0 saturated heterocycles. The van der Waals surface area contributed by atoms with Crippen LogP contribution in [-0.4, -0.2) is 20.6 Å². The van der Waals surface area contributed by atoms with E-state index < -0.39 is 0 Å². The molecule has 0 radical (unpaired) electrons. The highest BCUT2D eigenvalue weighted by Gasteiger charge is 2.33. The van der Waals surface area contributed by atoms with Crippen LogP contribution >= 0.6 is 0 Å². The second-order valence-electron chi connectivity index (χ2n) is 7.81. The van der Waals surface area contributed by atoms with E-state index in [2.05, 4.69) is 33.9 Å². The van der Waals surface area contributed by atoms with Gasteiger partial charge in [-0.1, -0.05) is 25.4 Å². The lowest BCUT2D eigenvalue weighted by Gasteiger charge is -2.28. The number of hydrogen-bond acceptors (Lipinski definition) is 4. The molecule has 0 aromatic carbocycles. The zero-order chi connectivity index (χ0) is 17.6. The number of aromatic nitrogens is 3. The van der Waals surface area contributed by atoms with Gasteiger partial charge in [-0.05, 0) is 43.6 Å². The third kappa shape index (κ3) is 3.10. The Hall–Kier alpha value is -2.11. The zero-order valence-electron chi connectivity index (χ0n) is 15.2. The molecule has 1 unspecified atom stereocenters. The van der Waals surface area contributed by atoms with E-state index >= 15 is 0 Å². The van der Waals surface area contributed by atoms with Gasteiger partial charge < -0.3 is 14.4 Å². The molecule has 4 rings (SSSR count). The van der Waals surface area contributed by atoms with Crippen LogP contribution in [0, 0.1) is 5.92 Å². The molecule has 0 aliphatic heterocycles. The summed E-state index contributed by atoms with van der Waals surface area (Å²) in [5.74, 6) is 2.37. The van der Waals surface area contributed by atoms with Crippen LogP contribution in [-0.2, 0) is 7.05 Å². The summed E-state index contributed by atoms with van der Waals surface area (Å²) in [5, 5.41) is 7.22. The van der Waals surface area contributed by atoms with Crippen LogP contribution < -0.4 is 5.32 Å². The van der Waals surface area contributed by atoms with Crippen molar-refractivity contribution in [2.45, 2.75) is 63.8 Å². The van der Waals surface area contributed by atoms with E-state index in [4.69, 9.17) is 4.52 Å². The maximum absolute atomic E-state index is 13.0. The highest BCUT2D eigenvalue weighted by molar-refractivity contribution is 5.96. The van der Waals surface area contributed by atoms with Crippen molar-refractivity contribution in [3.8, 4) is 0 Å². The lowest BCUT2D eigenvalue weighted by molar-refractivity contribution is 0.0911. The summed E-state index contributed by atoms with van der Waals surface area (Å²) >= 11 is 0. The summed E-state index contributed by atoms with van der Waals surface area (Å²) in [6.07, 6.45) is 7.82. The third-order valence-electron chi connectivity index (χ3n) is 5.48. The number of nitrogens with zero attached hydrogens (tertiary/aromatic N) is 3. The van der Waals surface area contributed by atoms with E-state index in [1.165, 1.54) is 19.3 Å². The molecule has 134 valence electrons. The maximum Gasteiger partial charge on any atom is 0.253 e. The van der Waals surface area contributed by atoms with Gasteiger partial charge in [0.1, 0.15) is 6.04 Å². The van der Waals surface area contributed by atoms with E-state index in [0.29, 0.717) is 17.7 Å². The molecule has 2 fully saturated rings. The zero-order valence-corrected chi connectivity index (χ0v) is 15.2. The highest BCUT2D eigenvalue weighted by atomic mass is 16.5. The van der Waals surface area contributed by atoms with Gasteiger partial charge in [0.2, 0.25) is 5.89 Å². The van der Waals surface area contributed by atoms with Crippen molar-refractivity contribution in [3.05, 3.63) is 35.2 Å². The maximum atomic E-state index is 13.0. The molecular formula is C19H26N4O2. The minimum absolute atomic E-state index is 0.0487. The minimum atomic E-state index is -0.262. The molecule has 0 bridgehead atoms. The predicted octanol–water partition coefficient (Wildman–Crippen LogP) is 3.68. The first-order chi connectivity index (χ1) is 12.0.